The van der Waals surface area contributed by atoms with Crippen LogP contribution in [0.2, 0.25) is 0 Å². The van der Waals surface area contributed by atoms with Crippen LogP contribution in [0.25, 0.3) is 0 Å². The van der Waals surface area contributed by atoms with Crippen molar-refractivity contribution in [3.63, 3.8) is 0 Å². The zero-order valence-corrected chi connectivity index (χ0v) is 13.8. The molecule has 0 fully saturated rings. The number of hydrazone groups is 1. The number of hydrogen-bond donors (Lipinski definition) is 3. The molecule has 1 aromatic carbocycles. The number of benzene rings is 1. The van der Waals surface area contributed by atoms with Gasteiger partial charge >= 0.3 is 6.03 Å². The lowest BCUT2D eigenvalue weighted by Gasteiger charge is -2.13. The van der Waals surface area contributed by atoms with Crippen molar-refractivity contribution >= 4 is 23.1 Å². The first kappa shape index (κ1) is 16.8. The molecule has 1 aromatic heterocycles. The van der Waals surface area contributed by atoms with Crippen LogP contribution in [0.1, 0.15) is 25.0 Å². The Balaban J connectivity index is 2.35. The number of thiazole rings is 1. The fourth-order valence-corrected chi connectivity index (χ4v) is 2.64. The Morgan fingerprint density at radius 3 is 2.91 bits per heavy atom. The van der Waals surface area contributed by atoms with Gasteiger partial charge in [-0.05, 0) is 37.6 Å². The molecule has 0 radical (unpaired) electrons. The Labute approximate surface area is 137 Å². The van der Waals surface area contributed by atoms with Gasteiger partial charge in [0.05, 0.1) is 18.9 Å². The van der Waals surface area contributed by atoms with E-state index in [1.165, 1.54) is 11.3 Å². The minimum Gasteiger partial charge on any atom is -0.494 e. The fraction of sp³-hybridized carbons (Fsp3) is 0.267. The van der Waals surface area contributed by atoms with Crippen molar-refractivity contribution in [2.45, 2.75) is 20.4 Å². The highest BCUT2D eigenvalue weighted by molar-refractivity contribution is 7.06. The van der Waals surface area contributed by atoms with Gasteiger partial charge in [-0.15, -0.1) is 11.3 Å². The predicted octanol–water partition coefficient (Wildman–Crippen LogP) is 1.87. The summed E-state index contributed by atoms with van der Waals surface area (Å²) in [5.41, 5.74) is 9.66. The number of ether oxygens (including phenoxy) is 1. The number of primary amides is 1. The number of nitrogens with zero attached hydrogens (tertiary/aromatic N) is 2. The SMILES string of the molecule is CCOc1ccc(/C(C)=N\NC(N)=O)cc1Cn1ccsc1=N. The fourth-order valence-electron chi connectivity index (χ4n) is 2.04. The minimum absolute atomic E-state index is 0.471. The van der Waals surface area contributed by atoms with Gasteiger partial charge < -0.3 is 15.0 Å². The average Bonchev–Trinajstić information content (AvgIpc) is 2.92. The van der Waals surface area contributed by atoms with Crippen LogP contribution in [0.15, 0.2) is 34.9 Å². The van der Waals surface area contributed by atoms with Crippen LogP contribution in [0.3, 0.4) is 0 Å². The third kappa shape index (κ3) is 4.43. The van der Waals surface area contributed by atoms with Crippen LogP contribution in [0.5, 0.6) is 5.75 Å². The van der Waals surface area contributed by atoms with Gasteiger partial charge in [0, 0.05) is 17.1 Å². The standard InChI is InChI=1S/C15H19N5O2S/c1-3-22-13-5-4-11(10(2)18-19-14(16)21)8-12(13)9-20-6-7-23-15(20)17/h4-8,17H,3,9H2,1-2H3,(H3,16,19,21)/b17-15?,18-10-. The van der Waals surface area contributed by atoms with Crippen LogP contribution in [-0.2, 0) is 6.54 Å². The van der Waals surface area contributed by atoms with Gasteiger partial charge in [0.2, 0.25) is 0 Å². The highest BCUT2D eigenvalue weighted by Gasteiger charge is 2.09. The smallest absolute Gasteiger partial charge is 0.332 e. The summed E-state index contributed by atoms with van der Waals surface area (Å²) in [6, 6.07) is 4.98. The van der Waals surface area contributed by atoms with Crippen LogP contribution in [0.4, 0.5) is 4.79 Å². The number of aromatic nitrogens is 1. The Bertz CT molecular complexity index is 778. The molecule has 2 rings (SSSR count). The van der Waals surface area contributed by atoms with Crippen LogP contribution < -0.4 is 20.7 Å². The maximum absolute atomic E-state index is 10.8. The first-order chi connectivity index (χ1) is 11.0. The molecule has 8 heteroatoms. The molecular formula is C15H19N5O2S. The van der Waals surface area contributed by atoms with E-state index in [1.54, 1.807) is 6.92 Å². The number of carbonyl (C=O) groups excluding carboxylic acids is 1. The topological polar surface area (TPSA) is 105 Å². The Hall–Kier alpha value is -2.61. The third-order valence-electron chi connectivity index (χ3n) is 3.13. The van der Waals surface area contributed by atoms with Crippen molar-refractivity contribution in [1.82, 2.24) is 9.99 Å². The van der Waals surface area contributed by atoms with E-state index in [1.807, 2.05) is 41.3 Å². The van der Waals surface area contributed by atoms with Gasteiger partial charge in [-0.1, -0.05) is 0 Å². The number of rotatable bonds is 6. The molecule has 0 aliphatic heterocycles. The van der Waals surface area contributed by atoms with E-state index in [0.717, 1.165) is 16.9 Å². The lowest BCUT2D eigenvalue weighted by molar-refractivity contribution is 0.249. The summed E-state index contributed by atoms with van der Waals surface area (Å²) in [7, 11) is 0. The van der Waals surface area contributed by atoms with E-state index in [-0.39, 0.29) is 0 Å². The predicted molar refractivity (Wildman–Crippen MR) is 89.8 cm³/mol. The molecule has 0 atom stereocenters. The number of carbonyl (C=O) groups is 1. The Morgan fingerprint density at radius 2 is 2.30 bits per heavy atom. The van der Waals surface area contributed by atoms with Crippen molar-refractivity contribution in [2.24, 2.45) is 10.8 Å². The Morgan fingerprint density at radius 1 is 1.52 bits per heavy atom. The van der Waals surface area contributed by atoms with Gasteiger partial charge in [-0.2, -0.15) is 5.10 Å². The average molecular weight is 333 g/mol. The summed E-state index contributed by atoms with van der Waals surface area (Å²) in [6.45, 7) is 4.80. The summed E-state index contributed by atoms with van der Waals surface area (Å²) < 4.78 is 7.49. The molecule has 7 nitrogen and oxygen atoms in total. The summed E-state index contributed by atoms with van der Waals surface area (Å²) in [6.07, 6.45) is 1.87. The van der Waals surface area contributed by atoms with Crippen molar-refractivity contribution in [3.05, 3.63) is 45.7 Å². The number of nitrogens with two attached hydrogens (primary N) is 1. The molecule has 0 aliphatic carbocycles. The summed E-state index contributed by atoms with van der Waals surface area (Å²) in [4.78, 5) is 11.2. The van der Waals surface area contributed by atoms with Crippen molar-refractivity contribution in [2.75, 3.05) is 6.61 Å². The summed E-state index contributed by atoms with van der Waals surface area (Å²) in [5.74, 6) is 0.769. The van der Waals surface area contributed by atoms with Gasteiger partial charge in [0.1, 0.15) is 5.75 Å². The van der Waals surface area contributed by atoms with Crippen LogP contribution in [-0.4, -0.2) is 22.9 Å². The first-order valence-electron chi connectivity index (χ1n) is 7.05. The molecule has 2 amide bonds. The van der Waals surface area contributed by atoms with Crippen molar-refractivity contribution < 1.29 is 9.53 Å². The number of amides is 2. The number of hydrogen-bond acceptors (Lipinski definition) is 5. The van der Waals surface area contributed by atoms with Crippen LogP contribution in [0, 0.1) is 5.41 Å². The van der Waals surface area contributed by atoms with Gasteiger partial charge in [-0.25, -0.2) is 10.2 Å². The van der Waals surface area contributed by atoms with Crippen molar-refractivity contribution in [3.8, 4) is 5.75 Å². The molecular weight excluding hydrogens is 314 g/mol. The van der Waals surface area contributed by atoms with Gasteiger partial charge in [0.15, 0.2) is 4.80 Å². The molecule has 0 spiro atoms. The van der Waals surface area contributed by atoms with E-state index in [9.17, 15) is 4.79 Å². The maximum atomic E-state index is 10.8. The Kier molecular flexibility index (Phi) is 5.53. The van der Waals surface area contributed by atoms with E-state index >= 15 is 0 Å². The molecule has 0 aliphatic rings. The quantitative estimate of drug-likeness (QED) is 0.554. The highest BCUT2D eigenvalue weighted by Crippen LogP contribution is 2.22. The van der Waals surface area contributed by atoms with Crippen molar-refractivity contribution in [1.29, 1.82) is 5.41 Å². The maximum Gasteiger partial charge on any atom is 0.332 e. The first-order valence-corrected chi connectivity index (χ1v) is 7.93. The second-order valence-corrected chi connectivity index (χ2v) is 5.66. The molecule has 0 bridgehead atoms. The zero-order valence-electron chi connectivity index (χ0n) is 13.0. The number of urea groups is 1. The third-order valence-corrected chi connectivity index (χ3v) is 3.85. The molecule has 1 heterocycles. The monoisotopic (exact) mass is 333 g/mol. The summed E-state index contributed by atoms with van der Waals surface area (Å²) in [5, 5.41) is 13.7. The molecule has 23 heavy (non-hydrogen) atoms. The lowest BCUT2D eigenvalue weighted by atomic mass is 10.1. The van der Waals surface area contributed by atoms with Gasteiger partial charge in [0.25, 0.3) is 0 Å². The molecule has 122 valence electrons. The molecule has 0 saturated carbocycles. The largest absolute Gasteiger partial charge is 0.494 e. The normalized spacial score (nSPS) is 11.3. The molecule has 0 unspecified atom stereocenters. The number of nitrogens with one attached hydrogen (secondary N) is 2. The summed E-state index contributed by atoms with van der Waals surface area (Å²) >= 11 is 1.37. The van der Waals surface area contributed by atoms with Crippen LogP contribution >= 0.6 is 11.3 Å². The van der Waals surface area contributed by atoms with E-state index in [0.29, 0.717) is 23.7 Å². The molecule has 2 aromatic rings. The second-order valence-electron chi connectivity index (χ2n) is 4.76. The zero-order chi connectivity index (χ0) is 16.8. The minimum atomic E-state index is -0.705. The lowest BCUT2D eigenvalue weighted by Crippen LogP contribution is -2.25. The second kappa shape index (κ2) is 7.59. The van der Waals surface area contributed by atoms with E-state index in [2.05, 4.69) is 10.5 Å². The van der Waals surface area contributed by atoms with Gasteiger partial charge in [-0.3, -0.25) is 5.41 Å². The highest BCUT2D eigenvalue weighted by atomic mass is 32.1. The molecule has 0 saturated heterocycles. The van der Waals surface area contributed by atoms with E-state index < -0.39 is 6.03 Å². The van der Waals surface area contributed by atoms with E-state index in [4.69, 9.17) is 15.9 Å². The molecule has 4 N–H and O–H groups in total.